The maximum atomic E-state index is 12.5. The van der Waals surface area contributed by atoms with Crippen LogP contribution >= 0.6 is 11.6 Å². The van der Waals surface area contributed by atoms with E-state index in [1.165, 1.54) is 7.11 Å². The zero-order valence-electron chi connectivity index (χ0n) is 14.2. The lowest BCUT2D eigenvalue weighted by atomic mass is 9.98. The molecule has 0 fully saturated rings. The number of nitrogens with zero attached hydrogens (tertiary/aromatic N) is 2. The summed E-state index contributed by atoms with van der Waals surface area (Å²) in [5.74, 6) is -1.50. The number of aliphatic carboxylic acids is 1. The van der Waals surface area contributed by atoms with Crippen LogP contribution in [-0.2, 0) is 9.53 Å². The van der Waals surface area contributed by atoms with Crippen LogP contribution in [0, 0.1) is 6.92 Å². The lowest BCUT2D eigenvalue weighted by Gasteiger charge is -2.28. The highest BCUT2D eigenvalue weighted by atomic mass is 35.5. The second-order valence-electron chi connectivity index (χ2n) is 6.08. The summed E-state index contributed by atoms with van der Waals surface area (Å²) in [5.41, 5.74) is 0.629. The van der Waals surface area contributed by atoms with Crippen LogP contribution in [0.15, 0.2) is 30.3 Å². The van der Waals surface area contributed by atoms with Gasteiger partial charge in [-0.1, -0.05) is 17.7 Å². The van der Waals surface area contributed by atoms with Crippen molar-refractivity contribution in [1.29, 1.82) is 0 Å². The molecule has 1 heterocycles. The third-order valence-electron chi connectivity index (χ3n) is 3.59. The van der Waals surface area contributed by atoms with Crippen molar-refractivity contribution >= 4 is 23.5 Å². The highest BCUT2D eigenvalue weighted by Gasteiger charge is 2.31. The Hall–Kier alpha value is -2.38. The molecular formula is C17H20ClN3O4. The van der Waals surface area contributed by atoms with Crippen LogP contribution in [0.2, 0.25) is 5.02 Å². The first-order valence-corrected chi connectivity index (χ1v) is 7.98. The normalized spacial score (nSPS) is 13.3. The van der Waals surface area contributed by atoms with Crippen LogP contribution in [0.4, 0.5) is 0 Å². The zero-order chi connectivity index (χ0) is 18.6. The fraction of sp³-hybridized carbons (Fsp3) is 0.353. The van der Waals surface area contributed by atoms with Gasteiger partial charge in [-0.25, -0.2) is 4.68 Å². The summed E-state index contributed by atoms with van der Waals surface area (Å²) in [5, 5.41) is 16.6. The summed E-state index contributed by atoms with van der Waals surface area (Å²) in [6.07, 6.45) is -0.263. The van der Waals surface area contributed by atoms with E-state index in [0.717, 1.165) is 11.4 Å². The zero-order valence-corrected chi connectivity index (χ0v) is 15.0. The molecule has 2 rings (SSSR count). The van der Waals surface area contributed by atoms with Crippen LogP contribution in [0.5, 0.6) is 0 Å². The maximum absolute atomic E-state index is 12.5. The molecule has 1 unspecified atom stereocenters. The minimum Gasteiger partial charge on any atom is -0.481 e. The first-order chi connectivity index (χ1) is 11.7. The van der Waals surface area contributed by atoms with Gasteiger partial charge in [0.15, 0.2) is 5.69 Å². The Morgan fingerprint density at radius 3 is 2.72 bits per heavy atom. The molecule has 1 atom stereocenters. The van der Waals surface area contributed by atoms with Gasteiger partial charge < -0.3 is 15.2 Å². The predicted molar refractivity (Wildman–Crippen MR) is 93.3 cm³/mol. The first kappa shape index (κ1) is 19.0. The van der Waals surface area contributed by atoms with Crippen LogP contribution in [0.25, 0.3) is 5.69 Å². The summed E-state index contributed by atoms with van der Waals surface area (Å²) in [6, 6.07) is 8.74. The largest absolute Gasteiger partial charge is 0.481 e. The Bertz CT molecular complexity index is 790. The molecule has 7 nitrogen and oxygen atoms in total. The number of aryl methyl sites for hydroxylation is 1. The molecule has 1 aromatic heterocycles. The fourth-order valence-electron chi connectivity index (χ4n) is 2.58. The molecule has 1 amide bonds. The van der Waals surface area contributed by atoms with Gasteiger partial charge in [-0.2, -0.15) is 5.10 Å². The van der Waals surface area contributed by atoms with Gasteiger partial charge in [-0.3, -0.25) is 9.59 Å². The van der Waals surface area contributed by atoms with Crippen molar-refractivity contribution in [3.8, 4) is 5.69 Å². The molecule has 1 aromatic carbocycles. The minimum atomic E-state index is -1.04. The van der Waals surface area contributed by atoms with Crippen LogP contribution < -0.4 is 5.32 Å². The maximum Gasteiger partial charge on any atom is 0.305 e. The van der Waals surface area contributed by atoms with Gasteiger partial charge in [0.25, 0.3) is 5.91 Å². The van der Waals surface area contributed by atoms with E-state index in [9.17, 15) is 9.59 Å². The minimum absolute atomic E-state index is 0.0685. The second-order valence-corrected chi connectivity index (χ2v) is 6.52. The van der Waals surface area contributed by atoms with Crippen molar-refractivity contribution in [2.45, 2.75) is 25.8 Å². The SMILES string of the molecule is COCC(C)(CC(=O)O)NC(=O)c1cc(C)n(-c2cccc(Cl)c2)n1. The number of nitrogens with one attached hydrogen (secondary N) is 1. The molecule has 0 saturated heterocycles. The molecule has 0 radical (unpaired) electrons. The lowest BCUT2D eigenvalue weighted by Crippen LogP contribution is -2.50. The van der Waals surface area contributed by atoms with Crippen LogP contribution in [-0.4, -0.2) is 46.0 Å². The van der Waals surface area contributed by atoms with Gasteiger partial charge in [0, 0.05) is 17.8 Å². The van der Waals surface area contributed by atoms with Crippen molar-refractivity contribution in [1.82, 2.24) is 15.1 Å². The van der Waals surface area contributed by atoms with E-state index in [1.54, 1.807) is 35.9 Å². The average Bonchev–Trinajstić information content (AvgIpc) is 2.88. The molecule has 2 aromatic rings. The van der Waals surface area contributed by atoms with E-state index < -0.39 is 17.4 Å². The highest BCUT2D eigenvalue weighted by molar-refractivity contribution is 6.30. The van der Waals surface area contributed by atoms with Crippen LogP contribution in [0.1, 0.15) is 29.5 Å². The van der Waals surface area contributed by atoms with Crippen molar-refractivity contribution in [2.24, 2.45) is 0 Å². The van der Waals surface area contributed by atoms with Crippen molar-refractivity contribution in [3.63, 3.8) is 0 Å². The smallest absolute Gasteiger partial charge is 0.305 e. The fourth-order valence-corrected chi connectivity index (χ4v) is 2.76. The van der Waals surface area contributed by atoms with Crippen molar-refractivity contribution < 1.29 is 19.4 Å². The van der Waals surface area contributed by atoms with E-state index in [1.807, 2.05) is 13.0 Å². The number of carboxylic acid groups (broad SMARTS) is 1. The number of rotatable bonds is 7. The molecule has 0 aliphatic carbocycles. The molecule has 25 heavy (non-hydrogen) atoms. The molecule has 0 bridgehead atoms. The summed E-state index contributed by atoms with van der Waals surface area (Å²) >= 11 is 6.00. The summed E-state index contributed by atoms with van der Waals surface area (Å²) in [4.78, 5) is 23.6. The molecule has 0 spiro atoms. The first-order valence-electron chi connectivity index (χ1n) is 7.60. The molecule has 8 heteroatoms. The van der Waals surface area contributed by atoms with E-state index >= 15 is 0 Å². The summed E-state index contributed by atoms with van der Waals surface area (Å²) < 4.78 is 6.64. The number of hydrogen-bond donors (Lipinski definition) is 2. The van der Waals surface area contributed by atoms with Gasteiger partial charge >= 0.3 is 5.97 Å². The quantitative estimate of drug-likeness (QED) is 0.786. The molecule has 134 valence electrons. The molecule has 2 N–H and O–H groups in total. The number of carbonyl (C=O) groups is 2. The van der Waals surface area contributed by atoms with E-state index in [0.29, 0.717) is 5.02 Å². The summed E-state index contributed by atoms with van der Waals surface area (Å²) in [6.45, 7) is 3.50. The number of hydrogen-bond acceptors (Lipinski definition) is 4. The monoisotopic (exact) mass is 365 g/mol. The topological polar surface area (TPSA) is 93.5 Å². The van der Waals surface area contributed by atoms with Gasteiger partial charge in [0.1, 0.15) is 0 Å². The Labute approximate surface area is 150 Å². The number of methoxy groups -OCH3 is 1. The van der Waals surface area contributed by atoms with Crippen LogP contribution in [0.3, 0.4) is 0 Å². The van der Waals surface area contributed by atoms with Gasteiger partial charge in [0.2, 0.25) is 0 Å². The lowest BCUT2D eigenvalue weighted by molar-refractivity contribution is -0.139. The van der Waals surface area contributed by atoms with E-state index in [2.05, 4.69) is 10.4 Å². The Morgan fingerprint density at radius 1 is 1.40 bits per heavy atom. The third kappa shape index (κ3) is 4.80. The van der Waals surface area contributed by atoms with E-state index in [4.69, 9.17) is 21.4 Å². The molecule has 0 saturated carbocycles. The number of halogens is 1. The number of carbonyl (C=O) groups excluding carboxylic acids is 1. The number of carboxylic acids is 1. The molecule has 0 aliphatic heterocycles. The third-order valence-corrected chi connectivity index (χ3v) is 3.83. The van der Waals surface area contributed by atoms with Gasteiger partial charge in [0.05, 0.1) is 24.3 Å². The Balaban J connectivity index is 2.25. The molecular weight excluding hydrogens is 346 g/mol. The Morgan fingerprint density at radius 2 is 2.12 bits per heavy atom. The van der Waals surface area contributed by atoms with Crippen molar-refractivity contribution in [2.75, 3.05) is 13.7 Å². The predicted octanol–water partition coefficient (Wildman–Crippen LogP) is 2.44. The number of amides is 1. The van der Waals surface area contributed by atoms with E-state index in [-0.39, 0.29) is 18.7 Å². The van der Waals surface area contributed by atoms with Crippen molar-refractivity contribution in [3.05, 3.63) is 46.7 Å². The van der Waals surface area contributed by atoms with Gasteiger partial charge in [-0.15, -0.1) is 0 Å². The summed E-state index contributed by atoms with van der Waals surface area (Å²) in [7, 11) is 1.45. The average molecular weight is 366 g/mol. The Kier molecular flexibility index (Phi) is 5.81. The number of aromatic nitrogens is 2. The number of benzene rings is 1. The van der Waals surface area contributed by atoms with Gasteiger partial charge in [-0.05, 0) is 38.1 Å². The standard InChI is InChI=1S/C17H20ClN3O4/c1-11-7-14(20-21(11)13-6-4-5-12(18)8-13)16(24)19-17(2,10-25-3)9-15(22)23/h4-8H,9-10H2,1-3H3,(H,19,24)(H,22,23). The second kappa shape index (κ2) is 7.67. The molecule has 0 aliphatic rings. The highest BCUT2D eigenvalue weighted by Crippen LogP contribution is 2.18. The number of ether oxygens (including phenoxy) is 1.